The van der Waals surface area contributed by atoms with Gasteiger partial charge in [-0.15, -0.1) is 0 Å². The first kappa shape index (κ1) is 13.3. The van der Waals surface area contributed by atoms with Crippen molar-refractivity contribution in [2.24, 2.45) is 0 Å². The first-order valence-corrected chi connectivity index (χ1v) is 6.88. The summed E-state index contributed by atoms with van der Waals surface area (Å²) in [6.07, 6.45) is 0.306. The molecule has 6 nitrogen and oxygen atoms in total. The normalized spacial score (nSPS) is 22.6. The molecule has 0 aliphatic carbocycles. The number of likely N-dealkylation sites (tertiary alicyclic amines) is 1. The molecular weight excluding hydrogens is 326 g/mol. The summed E-state index contributed by atoms with van der Waals surface area (Å²) in [6.45, 7) is 0.493. The van der Waals surface area contributed by atoms with Crippen LogP contribution in [0, 0.1) is 0 Å². The fourth-order valence-corrected chi connectivity index (χ4v) is 2.57. The Kier molecular flexibility index (Phi) is 3.10. The molecule has 0 spiro atoms. The second-order valence-corrected chi connectivity index (χ2v) is 5.57. The van der Waals surface area contributed by atoms with E-state index in [0.29, 0.717) is 29.0 Å². The number of carbonyl (C=O) groups excluding carboxylic acids is 1. The highest BCUT2D eigenvalue weighted by atomic mass is 79.9. The number of halogens is 1. The third kappa shape index (κ3) is 2.03. The minimum absolute atomic E-state index is 0.226. The Morgan fingerprint density at radius 2 is 2.30 bits per heavy atom. The SMILES string of the molecule is CN1CC[C@@](O)(c2cc(-c3cccc(Br)n3)on2)C1=O. The topological polar surface area (TPSA) is 79.5 Å². The van der Waals surface area contributed by atoms with Crippen LogP contribution in [0.1, 0.15) is 12.1 Å². The van der Waals surface area contributed by atoms with Gasteiger partial charge in [0, 0.05) is 26.1 Å². The summed E-state index contributed by atoms with van der Waals surface area (Å²) in [5, 5.41) is 14.3. The third-order valence-electron chi connectivity index (χ3n) is 3.41. The van der Waals surface area contributed by atoms with E-state index in [1.807, 2.05) is 6.07 Å². The van der Waals surface area contributed by atoms with Crippen LogP contribution in [-0.4, -0.2) is 39.6 Å². The smallest absolute Gasteiger partial charge is 0.260 e. The van der Waals surface area contributed by atoms with E-state index in [2.05, 4.69) is 26.1 Å². The molecule has 3 rings (SSSR count). The van der Waals surface area contributed by atoms with E-state index in [9.17, 15) is 9.90 Å². The van der Waals surface area contributed by atoms with Gasteiger partial charge in [0.1, 0.15) is 16.0 Å². The van der Waals surface area contributed by atoms with E-state index in [-0.39, 0.29) is 11.6 Å². The number of aliphatic hydroxyl groups is 1. The lowest BCUT2D eigenvalue weighted by Crippen LogP contribution is -2.36. The molecule has 1 N–H and O–H groups in total. The predicted octanol–water partition coefficient (Wildman–Crippen LogP) is 1.55. The van der Waals surface area contributed by atoms with Crippen LogP contribution in [0.3, 0.4) is 0 Å². The number of amides is 1. The van der Waals surface area contributed by atoms with Gasteiger partial charge >= 0.3 is 0 Å². The third-order valence-corrected chi connectivity index (χ3v) is 3.85. The van der Waals surface area contributed by atoms with Crippen molar-refractivity contribution in [3.05, 3.63) is 34.6 Å². The van der Waals surface area contributed by atoms with Crippen LogP contribution < -0.4 is 0 Å². The van der Waals surface area contributed by atoms with Crippen molar-refractivity contribution in [3.63, 3.8) is 0 Å². The minimum Gasteiger partial charge on any atom is -0.374 e. The summed E-state index contributed by atoms with van der Waals surface area (Å²) < 4.78 is 5.87. The van der Waals surface area contributed by atoms with Gasteiger partial charge in [-0.2, -0.15) is 0 Å². The average molecular weight is 338 g/mol. The fourth-order valence-electron chi connectivity index (χ4n) is 2.23. The number of likely N-dealkylation sites (N-methyl/N-ethyl adjacent to an activating group) is 1. The van der Waals surface area contributed by atoms with Gasteiger partial charge in [0.2, 0.25) is 0 Å². The molecule has 1 fully saturated rings. The average Bonchev–Trinajstić information content (AvgIpc) is 3.02. The van der Waals surface area contributed by atoms with Crippen LogP contribution in [0.25, 0.3) is 11.5 Å². The van der Waals surface area contributed by atoms with Crippen LogP contribution in [0.5, 0.6) is 0 Å². The highest BCUT2D eigenvalue weighted by molar-refractivity contribution is 9.10. The second kappa shape index (κ2) is 4.68. The number of carbonyl (C=O) groups is 1. The number of aromatic nitrogens is 2. The van der Waals surface area contributed by atoms with Crippen molar-refractivity contribution < 1.29 is 14.4 Å². The Hall–Kier alpha value is -1.73. The van der Waals surface area contributed by atoms with Gasteiger partial charge < -0.3 is 14.5 Å². The molecule has 1 atom stereocenters. The number of hydrogen-bond acceptors (Lipinski definition) is 5. The summed E-state index contributed by atoms with van der Waals surface area (Å²) in [6, 6.07) is 6.94. The van der Waals surface area contributed by atoms with Crippen molar-refractivity contribution in [1.82, 2.24) is 15.0 Å². The fraction of sp³-hybridized carbons (Fsp3) is 0.308. The van der Waals surface area contributed by atoms with Crippen LogP contribution in [0.2, 0.25) is 0 Å². The molecule has 0 unspecified atom stereocenters. The van der Waals surface area contributed by atoms with Crippen LogP contribution in [-0.2, 0) is 10.4 Å². The van der Waals surface area contributed by atoms with Crippen molar-refractivity contribution in [2.45, 2.75) is 12.0 Å². The number of pyridine rings is 1. The van der Waals surface area contributed by atoms with Gasteiger partial charge in [0.05, 0.1) is 0 Å². The van der Waals surface area contributed by atoms with Crippen LogP contribution >= 0.6 is 15.9 Å². The number of rotatable bonds is 2. The van der Waals surface area contributed by atoms with Crippen molar-refractivity contribution in [1.29, 1.82) is 0 Å². The van der Waals surface area contributed by atoms with Gasteiger partial charge in [-0.1, -0.05) is 11.2 Å². The summed E-state index contributed by atoms with van der Waals surface area (Å²) in [5.74, 6) is 0.0524. The lowest BCUT2D eigenvalue weighted by atomic mass is 9.98. The zero-order chi connectivity index (χ0) is 14.3. The number of hydrogen-bond donors (Lipinski definition) is 1. The van der Waals surface area contributed by atoms with Crippen LogP contribution in [0.4, 0.5) is 0 Å². The van der Waals surface area contributed by atoms with E-state index in [4.69, 9.17) is 4.52 Å². The van der Waals surface area contributed by atoms with E-state index < -0.39 is 5.60 Å². The molecule has 0 radical (unpaired) electrons. The molecule has 7 heteroatoms. The first-order valence-electron chi connectivity index (χ1n) is 6.09. The predicted molar refractivity (Wildman–Crippen MR) is 73.6 cm³/mol. The molecule has 3 heterocycles. The molecule has 1 saturated heterocycles. The van der Waals surface area contributed by atoms with E-state index in [1.54, 1.807) is 25.2 Å². The number of nitrogens with zero attached hydrogens (tertiary/aromatic N) is 3. The Morgan fingerprint density at radius 1 is 1.50 bits per heavy atom. The zero-order valence-corrected chi connectivity index (χ0v) is 12.3. The van der Waals surface area contributed by atoms with Gasteiger partial charge in [-0.3, -0.25) is 4.79 Å². The van der Waals surface area contributed by atoms with Gasteiger partial charge in [-0.25, -0.2) is 4.98 Å². The summed E-state index contributed by atoms with van der Waals surface area (Å²) in [5.41, 5.74) is -0.785. The maximum atomic E-state index is 12.0. The lowest BCUT2D eigenvalue weighted by molar-refractivity contribution is -0.143. The quantitative estimate of drug-likeness (QED) is 0.841. The van der Waals surface area contributed by atoms with Crippen molar-refractivity contribution in [2.75, 3.05) is 13.6 Å². The maximum Gasteiger partial charge on any atom is 0.260 e. The molecule has 1 aliphatic heterocycles. The molecule has 1 aliphatic rings. The largest absolute Gasteiger partial charge is 0.374 e. The van der Waals surface area contributed by atoms with Gasteiger partial charge in [-0.05, 0) is 28.1 Å². The van der Waals surface area contributed by atoms with Crippen molar-refractivity contribution in [3.8, 4) is 11.5 Å². The highest BCUT2D eigenvalue weighted by Crippen LogP contribution is 2.33. The molecular formula is C13H12BrN3O3. The lowest BCUT2D eigenvalue weighted by Gasteiger charge is -2.16. The van der Waals surface area contributed by atoms with E-state index in [1.165, 1.54) is 4.90 Å². The Balaban J connectivity index is 1.97. The molecule has 20 heavy (non-hydrogen) atoms. The standard InChI is InChI=1S/C13H12BrN3O3/c1-17-6-5-13(19,12(17)18)10-7-9(20-16-10)8-3-2-4-11(14)15-8/h2-4,7,19H,5-6H2,1H3/t13-/m1/s1. The zero-order valence-electron chi connectivity index (χ0n) is 10.7. The first-order chi connectivity index (χ1) is 9.50. The van der Waals surface area contributed by atoms with Crippen molar-refractivity contribution >= 4 is 21.8 Å². The maximum absolute atomic E-state index is 12.0. The van der Waals surface area contributed by atoms with Gasteiger partial charge in [0.25, 0.3) is 5.91 Å². The van der Waals surface area contributed by atoms with Crippen LogP contribution in [0.15, 0.2) is 33.4 Å². The molecule has 1 amide bonds. The molecule has 104 valence electrons. The monoisotopic (exact) mass is 337 g/mol. The van der Waals surface area contributed by atoms with Gasteiger partial charge in [0.15, 0.2) is 11.4 Å². The Morgan fingerprint density at radius 3 is 2.95 bits per heavy atom. The second-order valence-electron chi connectivity index (χ2n) is 4.76. The molecule has 2 aromatic heterocycles. The molecule has 0 saturated carbocycles. The Labute approximate surface area is 123 Å². The summed E-state index contributed by atoms with van der Waals surface area (Å²) >= 11 is 3.28. The Bertz CT molecular complexity index is 672. The molecule has 0 bridgehead atoms. The van der Waals surface area contributed by atoms with E-state index in [0.717, 1.165) is 0 Å². The molecule has 2 aromatic rings. The highest BCUT2D eigenvalue weighted by Gasteiger charge is 2.47. The summed E-state index contributed by atoms with van der Waals surface area (Å²) in [7, 11) is 1.65. The summed E-state index contributed by atoms with van der Waals surface area (Å²) in [4.78, 5) is 17.7. The van der Waals surface area contributed by atoms with E-state index >= 15 is 0 Å². The molecule has 0 aromatic carbocycles. The minimum atomic E-state index is -1.59.